The molecule has 0 aliphatic carbocycles. The van der Waals surface area contributed by atoms with Gasteiger partial charge in [-0.3, -0.25) is 14.3 Å². The molecule has 1 saturated heterocycles. The molecule has 33 heavy (non-hydrogen) atoms. The summed E-state index contributed by atoms with van der Waals surface area (Å²) in [6, 6.07) is 10.6. The van der Waals surface area contributed by atoms with Crippen molar-refractivity contribution in [1.29, 1.82) is 0 Å². The maximum atomic E-state index is 12.6. The molecule has 0 N–H and O–H groups in total. The molecule has 4 aromatic heterocycles. The highest BCUT2D eigenvalue weighted by molar-refractivity contribution is 7.13. The van der Waals surface area contributed by atoms with Gasteiger partial charge < -0.3 is 14.5 Å². The van der Waals surface area contributed by atoms with E-state index in [1.165, 1.54) is 6.07 Å². The lowest BCUT2D eigenvalue weighted by Crippen LogP contribution is -2.46. The Morgan fingerprint density at radius 1 is 0.970 bits per heavy atom. The highest BCUT2D eigenvalue weighted by atomic mass is 35.5. The second-order valence-electron chi connectivity index (χ2n) is 7.49. The fourth-order valence-electron chi connectivity index (χ4n) is 3.62. The van der Waals surface area contributed by atoms with Gasteiger partial charge >= 0.3 is 0 Å². The van der Waals surface area contributed by atoms with Crippen molar-refractivity contribution in [2.45, 2.75) is 6.61 Å². The van der Waals surface area contributed by atoms with Crippen molar-refractivity contribution >= 4 is 33.9 Å². The van der Waals surface area contributed by atoms with Crippen LogP contribution < -0.4 is 20.1 Å². The summed E-state index contributed by atoms with van der Waals surface area (Å²) in [5.41, 5.74) is 1.25. The number of rotatable bonds is 6. The first-order valence-corrected chi connectivity index (χ1v) is 11.7. The Labute approximate surface area is 199 Å². The van der Waals surface area contributed by atoms with Gasteiger partial charge in [0.15, 0.2) is 5.13 Å². The predicted octanol–water partition coefficient (Wildman–Crippen LogP) is 3.64. The van der Waals surface area contributed by atoms with E-state index < -0.39 is 0 Å². The average Bonchev–Trinajstić information content (AvgIpc) is 3.39. The molecule has 0 aromatic carbocycles. The average molecular weight is 481 g/mol. The molecule has 1 aliphatic heterocycles. The third-order valence-corrected chi connectivity index (χ3v) is 6.43. The summed E-state index contributed by atoms with van der Waals surface area (Å²) in [7, 11) is 0. The second kappa shape index (κ2) is 9.60. The molecule has 168 valence electrons. The zero-order valence-corrected chi connectivity index (χ0v) is 19.2. The van der Waals surface area contributed by atoms with E-state index in [1.807, 2.05) is 23.7 Å². The Kier molecular flexibility index (Phi) is 6.23. The van der Waals surface area contributed by atoms with E-state index in [0.29, 0.717) is 16.5 Å². The van der Waals surface area contributed by atoms with E-state index >= 15 is 0 Å². The standard InChI is InChI=1S/C23H21ClN6O2S/c24-17-1-2-18(26-14-17)16-32-20-5-7-30(22(31)13-20)19-3-4-21(27-15-19)28-8-10-29(11-9-28)23-25-6-12-33-23/h1-7,12-15H,8-11,16H2. The lowest BCUT2D eigenvalue weighted by Gasteiger charge is -2.35. The summed E-state index contributed by atoms with van der Waals surface area (Å²) in [6.45, 7) is 3.82. The summed E-state index contributed by atoms with van der Waals surface area (Å²) in [5.74, 6) is 1.39. The fraction of sp³-hybridized carbons (Fsp3) is 0.217. The first-order valence-electron chi connectivity index (χ1n) is 10.5. The maximum absolute atomic E-state index is 12.6. The molecule has 1 fully saturated rings. The number of piperazine rings is 1. The molecule has 1 aliphatic rings. The van der Waals surface area contributed by atoms with Crippen molar-refractivity contribution in [2.75, 3.05) is 36.0 Å². The Hall–Kier alpha value is -3.43. The highest BCUT2D eigenvalue weighted by Crippen LogP contribution is 2.21. The molecule has 0 saturated carbocycles. The van der Waals surface area contributed by atoms with Crippen LogP contribution in [-0.4, -0.2) is 45.7 Å². The molecule has 0 unspecified atom stereocenters. The first kappa shape index (κ1) is 21.4. The molecule has 10 heteroatoms. The van der Waals surface area contributed by atoms with Crippen LogP contribution in [0.4, 0.5) is 10.9 Å². The number of halogens is 1. The van der Waals surface area contributed by atoms with Crippen LogP contribution in [0.5, 0.6) is 5.75 Å². The number of anilines is 2. The molecule has 8 nitrogen and oxygen atoms in total. The number of nitrogens with zero attached hydrogens (tertiary/aromatic N) is 6. The number of ether oxygens (including phenoxy) is 1. The fourth-order valence-corrected chi connectivity index (χ4v) is 4.43. The van der Waals surface area contributed by atoms with Crippen molar-refractivity contribution in [2.24, 2.45) is 0 Å². The minimum absolute atomic E-state index is 0.192. The normalized spacial score (nSPS) is 13.8. The quantitative estimate of drug-likeness (QED) is 0.417. The van der Waals surface area contributed by atoms with Gasteiger partial charge in [-0.1, -0.05) is 11.6 Å². The predicted molar refractivity (Wildman–Crippen MR) is 130 cm³/mol. The van der Waals surface area contributed by atoms with Crippen LogP contribution >= 0.6 is 22.9 Å². The van der Waals surface area contributed by atoms with Gasteiger partial charge in [0.2, 0.25) is 0 Å². The number of thiazole rings is 1. The lowest BCUT2D eigenvalue weighted by atomic mass is 10.3. The molecule has 0 amide bonds. The number of aromatic nitrogens is 4. The smallest absolute Gasteiger partial charge is 0.258 e. The Morgan fingerprint density at radius 2 is 1.82 bits per heavy atom. The summed E-state index contributed by atoms with van der Waals surface area (Å²) in [5, 5.41) is 3.63. The van der Waals surface area contributed by atoms with Crippen molar-refractivity contribution in [3.63, 3.8) is 0 Å². The molecule has 0 radical (unpaired) electrons. The van der Waals surface area contributed by atoms with Gasteiger partial charge in [-0.05, 0) is 30.3 Å². The van der Waals surface area contributed by atoms with E-state index in [2.05, 4.69) is 24.8 Å². The maximum Gasteiger partial charge on any atom is 0.258 e. The molecule has 4 aromatic rings. The zero-order valence-electron chi connectivity index (χ0n) is 17.7. The van der Waals surface area contributed by atoms with Crippen molar-refractivity contribution < 1.29 is 4.74 Å². The van der Waals surface area contributed by atoms with Gasteiger partial charge in [0.05, 0.1) is 22.6 Å². The topological polar surface area (TPSA) is 76.4 Å². The van der Waals surface area contributed by atoms with Gasteiger partial charge in [0.25, 0.3) is 5.56 Å². The van der Waals surface area contributed by atoms with E-state index in [-0.39, 0.29) is 12.2 Å². The van der Waals surface area contributed by atoms with Crippen LogP contribution in [0, 0.1) is 0 Å². The Balaban J connectivity index is 1.22. The SMILES string of the molecule is O=c1cc(OCc2ccc(Cl)cn2)ccn1-c1ccc(N2CCN(c3nccs3)CC2)nc1. The first-order chi connectivity index (χ1) is 16.2. The lowest BCUT2D eigenvalue weighted by molar-refractivity contribution is 0.300. The number of hydrogen-bond acceptors (Lipinski definition) is 8. The van der Waals surface area contributed by atoms with Crippen molar-refractivity contribution in [3.8, 4) is 11.4 Å². The van der Waals surface area contributed by atoms with Gasteiger partial charge in [0, 0.05) is 56.2 Å². The van der Waals surface area contributed by atoms with E-state index in [1.54, 1.807) is 52.7 Å². The van der Waals surface area contributed by atoms with Gasteiger partial charge in [-0.25, -0.2) is 9.97 Å². The molecule has 0 atom stereocenters. The third kappa shape index (κ3) is 4.99. The number of hydrogen-bond donors (Lipinski definition) is 0. The van der Waals surface area contributed by atoms with Crippen LogP contribution in [0.3, 0.4) is 0 Å². The van der Waals surface area contributed by atoms with Crippen LogP contribution in [0.2, 0.25) is 5.02 Å². The van der Waals surface area contributed by atoms with Crippen molar-refractivity contribution in [1.82, 2.24) is 19.5 Å². The summed E-state index contributed by atoms with van der Waals surface area (Å²) in [4.78, 5) is 30.3. The van der Waals surface area contributed by atoms with E-state index in [0.717, 1.165) is 42.8 Å². The van der Waals surface area contributed by atoms with Crippen LogP contribution in [0.1, 0.15) is 5.69 Å². The van der Waals surface area contributed by atoms with Crippen LogP contribution in [0.25, 0.3) is 5.69 Å². The van der Waals surface area contributed by atoms with Gasteiger partial charge in [-0.15, -0.1) is 11.3 Å². The Morgan fingerprint density at radius 3 is 2.48 bits per heavy atom. The third-order valence-electron chi connectivity index (χ3n) is 5.37. The molecule has 5 heterocycles. The summed E-state index contributed by atoms with van der Waals surface area (Å²) in [6.07, 6.45) is 6.82. The molecule has 5 rings (SSSR count). The van der Waals surface area contributed by atoms with Crippen LogP contribution in [-0.2, 0) is 6.61 Å². The second-order valence-corrected chi connectivity index (χ2v) is 8.80. The van der Waals surface area contributed by atoms with Crippen molar-refractivity contribution in [3.05, 3.63) is 87.6 Å². The molecular formula is C23H21ClN6O2S. The van der Waals surface area contributed by atoms with Gasteiger partial charge in [0.1, 0.15) is 18.2 Å². The Bertz CT molecular complexity index is 1250. The van der Waals surface area contributed by atoms with Crippen LogP contribution in [0.15, 0.2) is 71.4 Å². The minimum Gasteiger partial charge on any atom is -0.487 e. The van der Waals surface area contributed by atoms with E-state index in [9.17, 15) is 4.79 Å². The van der Waals surface area contributed by atoms with E-state index in [4.69, 9.17) is 16.3 Å². The zero-order chi connectivity index (χ0) is 22.6. The monoisotopic (exact) mass is 480 g/mol. The van der Waals surface area contributed by atoms with Gasteiger partial charge in [-0.2, -0.15) is 0 Å². The molecule has 0 spiro atoms. The summed E-state index contributed by atoms with van der Waals surface area (Å²) < 4.78 is 7.23. The number of pyridine rings is 3. The highest BCUT2D eigenvalue weighted by Gasteiger charge is 2.19. The largest absolute Gasteiger partial charge is 0.487 e. The molecular weight excluding hydrogens is 460 g/mol. The summed E-state index contributed by atoms with van der Waals surface area (Å²) >= 11 is 7.51. The molecule has 0 bridgehead atoms. The minimum atomic E-state index is -0.192.